The zero-order valence-corrected chi connectivity index (χ0v) is 17.9. The van der Waals surface area contributed by atoms with Crippen molar-refractivity contribution in [1.29, 1.82) is 0 Å². The molecule has 0 radical (unpaired) electrons. The minimum absolute atomic E-state index is 0.0367. The van der Waals surface area contributed by atoms with Crippen molar-refractivity contribution in [3.63, 3.8) is 0 Å². The maximum atomic E-state index is 15.8. The summed E-state index contributed by atoms with van der Waals surface area (Å²) in [6.45, 7) is 6.00. The molecule has 1 saturated heterocycles. The van der Waals surface area contributed by atoms with Crippen molar-refractivity contribution >= 4 is 17.4 Å². The summed E-state index contributed by atoms with van der Waals surface area (Å²) in [6.07, 6.45) is 9.34. The molecule has 1 aliphatic carbocycles. The first kappa shape index (κ1) is 20.6. The number of carbonyl (C=O) groups is 1. The number of benzene rings is 1. The van der Waals surface area contributed by atoms with Crippen molar-refractivity contribution in [3.05, 3.63) is 95.2 Å². The number of hydrogen-bond donors (Lipinski definition) is 0. The van der Waals surface area contributed by atoms with Gasteiger partial charge in [0, 0.05) is 30.2 Å². The standard InChI is InChI=1S/C25H26FNO2S/c1-3-13-25(22-10-7-18-30-22)16-17-27(23(28)29-25)19(2)24(26)14-11-21(12-15-24)20-8-5-4-6-9-20/h3-12,14-15,18-19,21H,1,13,16-17H2,2H3/t19-,21?,24?,25-/m0/s1. The highest BCUT2D eigenvalue weighted by Gasteiger charge is 2.47. The molecule has 2 aliphatic rings. The Hall–Kier alpha value is -2.66. The van der Waals surface area contributed by atoms with Gasteiger partial charge in [0.15, 0.2) is 11.3 Å². The first-order valence-electron chi connectivity index (χ1n) is 10.2. The molecule has 2 aromatic rings. The van der Waals surface area contributed by atoms with E-state index in [2.05, 4.69) is 6.58 Å². The number of thiophene rings is 1. The number of nitrogens with zero attached hydrogens (tertiary/aromatic N) is 1. The highest BCUT2D eigenvalue weighted by molar-refractivity contribution is 7.10. The number of rotatable bonds is 6. The van der Waals surface area contributed by atoms with Gasteiger partial charge >= 0.3 is 6.09 Å². The van der Waals surface area contributed by atoms with Gasteiger partial charge in [0.1, 0.15) is 0 Å². The fraction of sp³-hybridized carbons (Fsp3) is 0.320. The first-order valence-corrected chi connectivity index (χ1v) is 11.1. The third-order valence-corrected chi connectivity index (χ3v) is 7.18. The number of alkyl halides is 1. The van der Waals surface area contributed by atoms with Gasteiger partial charge in [0.25, 0.3) is 0 Å². The monoisotopic (exact) mass is 423 g/mol. The average molecular weight is 424 g/mol. The average Bonchev–Trinajstić information content (AvgIpc) is 3.31. The van der Waals surface area contributed by atoms with E-state index in [1.165, 1.54) is 4.90 Å². The van der Waals surface area contributed by atoms with Crippen LogP contribution in [0.15, 0.2) is 84.8 Å². The van der Waals surface area contributed by atoms with Gasteiger partial charge in [-0.25, -0.2) is 9.18 Å². The Morgan fingerprint density at radius 3 is 2.60 bits per heavy atom. The predicted molar refractivity (Wildman–Crippen MR) is 119 cm³/mol. The minimum Gasteiger partial charge on any atom is -0.437 e. The van der Waals surface area contributed by atoms with Crippen LogP contribution >= 0.6 is 11.3 Å². The Bertz CT molecular complexity index is 939. The van der Waals surface area contributed by atoms with Crippen LogP contribution in [0, 0.1) is 0 Å². The van der Waals surface area contributed by atoms with E-state index in [-0.39, 0.29) is 5.92 Å². The molecule has 156 valence electrons. The van der Waals surface area contributed by atoms with Crippen molar-refractivity contribution < 1.29 is 13.9 Å². The largest absolute Gasteiger partial charge is 0.437 e. The topological polar surface area (TPSA) is 29.5 Å². The fourth-order valence-corrected chi connectivity index (χ4v) is 5.15. The minimum atomic E-state index is -1.73. The van der Waals surface area contributed by atoms with E-state index >= 15 is 4.39 Å². The lowest BCUT2D eigenvalue weighted by Gasteiger charge is -2.45. The second-order valence-electron chi connectivity index (χ2n) is 7.93. The molecule has 0 unspecified atom stereocenters. The Morgan fingerprint density at radius 1 is 1.27 bits per heavy atom. The quantitative estimate of drug-likeness (QED) is 0.505. The molecule has 2 atom stereocenters. The number of carbonyl (C=O) groups excluding carboxylic acids is 1. The summed E-state index contributed by atoms with van der Waals surface area (Å²) in [5.41, 5.74) is -1.32. The van der Waals surface area contributed by atoms with E-state index in [1.807, 2.05) is 60.0 Å². The maximum Gasteiger partial charge on any atom is 0.411 e. The van der Waals surface area contributed by atoms with Crippen molar-refractivity contribution in [1.82, 2.24) is 4.90 Å². The molecule has 3 nitrogen and oxygen atoms in total. The van der Waals surface area contributed by atoms with E-state index in [9.17, 15) is 4.79 Å². The molecule has 4 rings (SSSR count). The zero-order valence-electron chi connectivity index (χ0n) is 17.0. The summed E-state index contributed by atoms with van der Waals surface area (Å²) in [5.74, 6) is 0.0367. The second-order valence-corrected chi connectivity index (χ2v) is 8.88. The molecule has 1 aliphatic heterocycles. The van der Waals surface area contributed by atoms with Gasteiger partial charge in [-0.2, -0.15) is 0 Å². The molecular weight excluding hydrogens is 397 g/mol. The van der Waals surface area contributed by atoms with Gasteiger partial charge in [0.05, 0.1) is 6.04 Å². The van der Waals surface area contributed by atoms with Crippen LogP contribution in [-0.4, -0.2) is 29.2 Å². The molecule has 1 aromatic heterocycles. The summed E-state index contributed by atoms with van der Waals surface area (Å²) in [4.78, 5) is 15.5. The highest BCUT2D eigenvalue weighted by atomic mass is 32.1. The fourth-order valence-electron chi connectivity index (χ4n) is 4.25. The number of amides is 1. The van der Waals surface area contributed by atoms with E-state index < -0.39 is 23.4 Å². The normalized spacial score (nSPS) is 29.5. The number of allylic oxidation sites excluding steroid dienone is 2. The number of halogens is 1. The Balaban J connectivity index is 1.49. The van der Waals surface area contributed by atoms with Crippen LogP contribution in [0.3, 0.4) is 0 Å². The Labute approximate surface area is 181 Å². The highest BCUT2D eigenvalue weighted by Crippen LogP contribution is 2.42. The molecule has 1 amide bonds. The molecule has 5 heteroatoms. The Morgan fingerprint density at radius 2 is 2.00 bits per heavy atom. The smallest absolute Gasteiger partial charge is 0.411 e. The third kappa shape index (κ3) is 3.74. The zero-order chi connectivity index (χ0) is 21.2. The summed E-state index contributed by atoms with van der Waals surface area (Å²) in [5, 5.41) is 1.97. The number of hydrogen-bond acceptors (Lipinski definition) is 3. The lowest BCUT2D eigenvalue weighted by atomic mass is 9.84. The van der Waals surface area contributed by atoms with Crippen molar-refractivity contribution in [2.75, 3.05) is 6.54 Å². The molecule has 30 heavy (non-hydrogen) atoms. The summed E-state index contributed by atoms with van der Waals surface area (Å²) >= 11 is 1.57. The van der Waals surface area contributed by atoms with Gasteiger partial charge < -0.3 is 9.64 Å². The van der Waals surface area contributed by atoms with Gasteiger partial charge in [-0.05, 0) is 36.1 Å². The van der Waals surface area contributed by atoms with E-state index in [4.69, 9.17) is 4.74 Å². The predicted octanol–water partition coefficient (Wildman–Crippen LogP) is 6.37. The second kappa shape index (κ2) is 8.23. The first-order chi connectivity index (χ1) is 14.5. The SMILES string of the molecule is C=CC[C@@]1(c2cccs2)CCN([C@@H](C)C2(F)C=CC(c3ccccc3)C=C2)C(=O)O1. The number of ether oxygens (including phenoxy) is 1. The van der Waals surface area contributed by atoms with E-state index in [1.54, 1.807) is 36.5 Å². The molecule has 2 heterocycles. The summed E-state index contributed by atoms with van der Waals surface area (Å²) < 4.78 is 21.7. The lowest BCUT2D eigenvalue weighted by molar-refractivity contribution is -0.0653. The third-order valence-electron chi connectivity index (χ3n) is 6.13. The van der Waals surface area contributed by atoms with E-state index in [0.717, 1.165) is 10.4 Å². The van der Waals surface area contributed by atoms with Gasteiger partial charge in [-0.3, -0.25) is 0 Å². The van der Waals surface area contributed by atoms with Crippen LogP contribution in [0.5, 0.6) is 0 Å². The van der Waals surface area contributed by atoms with Crippen LogP contribution in [-0.2, 0) is 10.3 Å². The molecular formula is C25H26FNO2S. The van der Waals surface area contributed by atoms with Crippen molar-refractivity contribution in [3.8, 4) is 0 Å². The summed E-state index contributed by atoms with van der Waals surface area (Å²) in [6, 6.07) is 13.2. The van der Waals surface area contributed by atoms with Gasteiger partial charge in [-0.15, -0.1) is 17.9 Å². The maximum absolute atomic E-state index is 15.8. The van der Waals surface area contributed by atoms with Crippen LogP contribution in [0.1, 0.15) is 36.1 Å². The molecule has 0 N–H and O–H groups in total. The van der Waals surface area contributed by atoms with Crippen LogP contribution in [0.4, 0.5) is 9.18 Å². The lowest BCUT2D eigenvalue weighted by Crippen LogP contribution is -2.56. The molecule has 0 bridgehead atoms. The van der Waals surface area contributed by atoms with Gasteiger partial charge in [0.2, 0.25) is 0 Å². The number of cyclic esters (lactones) is 1. The van der Waals surface area contributed by atoms with Crippen molar-refractivity contribution in [2.45, 2.75) is 43.0 Å². The molecule has 0 spiro atoms. The molecule has 1 fully saturated rings. The molecule has 0 saturated carbocycles. The van der Waals surface area contributed by atoms with Crippen molar-refractivity contribution in [2.24, 2.45) is 0 Å². The van der Waals surface area contributed by atoms with E-state index in [0.29, 0.717) is 19.4 Å². The van der Waals surface area contributed by atoms with Crippen LogP contribution < -0.4 is 0 Å². The summed E-state index contributed by atoms with van der Waals surface area (Å²) in [7, 11) is 0. The molecule has 1 aromatic carbocycles. The van der Waals surface area contributed by atoms with Crippen LogP contribution in [0.25, 0.3) is 0 Å². The Kier molecular flexibility index (Phi) is 5.65. The van der Waals surface area contributed by atoms with Crippen LogP contribution in [0.2, 0.25) is 0 Å². The van der Waals surface area contributed by atoms with Gasteiger partial charge in [-0.1, -0.05) is 54.6 Å².